The Morgan fingerprint density at radius 3 is 2.65 bits per heavy atom. The zero-order valence-electron chi connectivity index (χ0n) is 15.0. The molecule has 2 fully saturated rings. The van der Waals surface area contributed by atoms with Crippen LogP contribution in [-0.4, -0.2) is 33.0 Å². The third-order valence-corrected chi connectivity index (χ3v) is 5.50. The van der Waals surface area contributed by atoms with Gasteiger partial charge in [-0.2, -0.15) is 0 Å². The molecule has 0 radical (unpaired) electrons. The molecule has 26 heavy (non-hydrogen) atoms. The molecule has 2 aromatic heterocycles. The van der Waals surface area contributed by atoms with Crippen molar-refractivity contribution in [2.45, 2.75) is 50.1 Å². The van der Waals surface area contributed by atoms with E-state index in [4.69, 9.17) is 15.7 Å². The number of H-pyrrole nitrogens is 1. The van der Waals surface area contributed by atoms with E-state index in [1.54, 1.807) is 0 Å². The summed E-state index contributed by atoms with van der Waals surface area (Å²) in [5, 5.41) is 0. The molecule has 2 aliphatic rings. The number of aromatic amines is 1. The second kappa shape index (κ2) is 6.06. The normalized spacial score (nSPS) is 22.4. The predicted octanol–water partition coefficient (Wildman–Crippen LogP) is 3.07. The molecule has 0 unspecified atom stereocenters. The minimum atomic E-state index is 0.330. The molecule has 6 nitrogen and oxygen atoms in total. The van der Waals surface area contributed by atoms with Crippen LogP contribution in [0, 0.1) is 0 Å². The summed E-state index contributed by atoms with van der Waals surface area (Å²) >= 11 is 0. The van der Waals surface area contributed by atoms with Crippen LogP contribution in [0.25, 0.3) is 11.0 Å². The molecule has 0 amide bonds. The van der Waals surface area contributed by atoms with Crippen molar-refractivity contribution in [1.82, 2.24) is 19.9 Å². The van der Waals surface area contributed by atoms with Gasteiger partial charge in [0.05, 0.1) is 17.6 Å². The third kappa shape index (κ3) is 2.94. The lowest BCUT2D eigenvalue weighted by molar-refractivity contribution is 0.344. The van der Waals surface area contributed by atoms with Crippen molar-refractivity contribution in [2.75, 3.05) is 11.9 Å². The Morgan fingerprint density at radius 1 is 1.12 bits per heavy atom. The molecule has 0 spiro atoms. The minimum Gasteiger partial charge on any atom is -0.352 e. The predicted molar refractivity (Wildman–Crippen MR) is 102 cm³/mol. The Bertz CT molecular complexity index is 905. The van der Waals surface area contributed by atoms with Gasteiger partial charge in [-0.3, -0.25) is 0 Å². The second-order valence-corrected chi connectivity index (χ2v) is 7.77. The number of benzene rings is 1. The number of imidazole rings is 1. The quantitative estimate of drug-likeness (QED) is 0.740. The molecule has 0 saturated heterocycles. The van der Waals surface area contributed by atoms with Gasteiger partial charge in [0.2, 0.25) is 0 Å². The first-order chi connectivity index (χ1) is 12.7. The zero-order chi connectivity index (χ0) is 17.7. The Kier molecular flexibility index (Phi) is 3.67. The van der Waals surface area contributed by atoms with Crippen molar-refractivity contribution in [3.63, 3.8) is 0 Å². The van der Waals surface area contributed by atoms with Gasteiger partial charge in [-0.1, -0.05) is 12.1 Å². The van der Waals surface area contributed by atoms with E-state index in [9.17, 15) is 0 Å². The second-order valence-electron chi connectivity index (χ2n) is 7.77. The molecule has 2 aliphatic carbocycles. The highest BCUT2D eigenvalue weighted by atomic mass is 15.2. The Morgan fingerprint density at radius 2 is 1.92 bits per heavy atom. The first-order valence-corrected chi connectivity index (χ1v) is 9.45. The fourth-order valence-electron chi connectivity index (χ4n) is 3.69. The standard InChI is InChI=1S/C20H24N6/c1-26(11-18-22-15-4-2-3-5-16(15)23-18)19-10-17(13-8-14(21)9-13)24-20(25-19)12-6-7-12/h2-5,10,12-14H,6-9,11,21H2,1H3,(H,22,23). The van der Waals surface area contributed by atoms with Crippen molar-refractivity contribution in [2.24, 2.45) is 5.73 Å². The lowest BCUT2D eigenvalue weighted by Crippen LogP contribution is -2.35. The van der Waals surface area contributed by atoms with Gasteiger partial charge in [-0.15, -0.1) is 0 Å². The molecule has 2 saturated carbocycles. The maximum absolute atomic E-state index is 5.99. The van der Waals surface area contributed by atoms with Gasteiger partial charge in [-0.05, 0) is 37.8 Å². The van der Waals surface area contributed by atoms with Gasteiger partial charge < -0.3 is 15.6 Å². The molecule has 2 heterocycles. The van der Waals surface area contributed by atoms with Gasteiger partial charge in [-0.25, -0.2) is 15.0 Å². The van der Waals surface area contributed by atoms with E-state index >= 15 is 0 Å². The zero-order valence-corrected chi connectivity index (χ0v) is 15.0. The molecular weight excluding hydrogens is 324 g/mol. The van der Waals surface area contributed by atoms with Gasteiger partial charge in [0.1, 0.15) is 17.5 Å². The average Bonchev–Trinajstić information content (AvgIpc) is 3.39. The average molecular weight is 348 g/mol. The summed E-state index contributed by atoms with van der Waals surface area (Å²) in [6.45, 7) is 0.694. The third-order valence-electron chi connectivity index (χ3n) is 5.50. The van der Waals surface area contributed by atoms with E-state index in [1.807, 2.05) is 18.2 Å². The molecule has 1 aromatic carbocycles. The summed E-state index contributed by atoms with van der Waals surface area (Å²) in [7, 11) is 2.07. The first-order valence-electron chi connectivity index (χ1n) is 9.45. The van der Waals surface area contributed by atoms with Crippen LogP contribution in [0.2, 0.25) is 0 Å². The number of fused-ring (bicyclic) bond motifs is 1. The molecule has 3 aromatic rings. The van der Waals surface area contributed by atoms with Crippen LogP contribution < -0.4 is 10.6 Å². The molecule has 0 bridgehead atoms. The molecule has 134 valence electrons. The summed E-state index contributed by atoms with van der Waals surface area (Å²) in [4.78, 5) is 20.0. The fourth-order valence-corrected chi connectivity index (χ4v) is 3.69. The van der Waals surface area contributed by atoms with E-state index in [0.29, 0.717) is 24.4 Å². The first kappa shape index (κ1) is 15.8. The van der Waals surface area contributed by atoms with Gasteiger partial charge in [0.25, 0.3) is 0 Å². The number of para-hydroxylation sites is 2. The van der Waals surface area contributed by atoms with Crippen LogP contribution in [-0.2, 0) is 6.54 Å². The van der Waals surface area contributed by atoms with E-state index in [1.165, 1.54) is 12.8 Å². The van der Waals surface area contributed by atoms with Gasteiger partial charge >= 0.3 is 0 Å². The van der Waals surface area contributed by atoms with Crippen molar-refractivity contribution in [3.8, 4) is 0 Å². The van der Waals surface area contributed by atoms with Crippen molar-refractivity contribution in [3.05, 3.63) is 47.7 Å². The number of nitrogens with one attached hydrogen (secondary N) is 1. The summed E-state index contributed by atoms with van der Waals surface area (Å²) in [6.07, 6.45) is 4.49. The van der Waals surface area contributed by atoms with E-state index in [-0.39, 0.29) is 0 Å². The number of hydrogen-bond donors (Lipinski definition) is 2. The van der Waals surface area contributed by atoms with Crippen LogP contribution in [0.1, 0.15) is 54.9 Å². The number of hydrogen-bond acceptors (Lipinski definition) is 5. The van der Waals surface area contributed by atoms with Crippen LogP contribution in [0.15, 0.2) is 30.3 Å². The Hall–Kier alpha value is -2.47. The Balaban J connectivity index is 1.42. The topological polar surface area (TPSA) is 83.7 Å². The van der Waals surface area contributed by atoms with Gasteiger partial charge in [0.15, 0.2) is 0 Å². The maximum atomic E-state index is 5.99. The SMILES string of the molecule is CN(Cc1nc2ccccc2[nH]1)c1cc(C2CC(N)C2)nc(C2CC2)n1. The molecule has 6 heteroatoms. The van der Waals surface area contributed by atoms with Crippen LogP contribution in [0.3, 0.4) is 0 Å². The largest absolute Gasteiger partial charge is 0.352 e. The summed E-state index contributed by atoms with van der Waals surface area (Å²) in [5.41, 5.74) is 9.22. The molecule has 0 atom stereocenters. The molecule has 0 aliphatic heterocycles. The highest BCUT2D eigenvalue weighted by Gasteiger charge is 2.32. The van der Waals surface area contributed by atoms with E-state index in [2.05, 4.69) is 34.0 Å². The van der Waals surface area contributed by atoms with Crippen molar-refractivity contribution < 1.29 is 0 Å². The van der Waals surface area contributed by atoms with Crippen LogP contribution in [0.5, 0.6) is 0 Å². The molecule has 3 N–H and O–H groups in total. The van der Waals surface area contributed by atoms with Crippen LogP contribution in [0.4, 0.5) is 5.82 Å². The number of nitrogens with zero attached hydrogens (tertiary/aromatic N) is 4. The Labute approximate surface area is 152 Å². The summed E-state index contributed by atoms with van der Waals surface area (Å²) in [6, 6.07) is 10.6. The molecular formula is C20H24N6. The number of anilines is 1. The molecule has 5 rings (SSSR count). The maximum Gasteiger partial charge on any atom is 0.134 e. The van der Waals surface area contributed by atoms with Crippen molar-refractivity contribution >= 4 is 16.9 Å². The highest BCUT2D eigenvalue weighted by molar-refractivity contribution is 5.74. The number of nitrogens with two attached hydrogens (primary N) is 1. The number of rotatable bonds is 5. The number of aromatic nitrogens is 4. The lowest BCUT2D eigenvalue weighted by atomic mass is 9.78. The van der Waals surface area contributed by atoms with E-state index < -0.39 is 0 Å². The lowest BCUT2D eigenvalue weighted by Gasteiger charge is -2.32. The summed E-state index contributed by atoms with van der Waals surface area (Å²) < 4.78 is 0. The monoisotopic (exact) mass is 348 g/mol. The fraction of sp³-hybridized carbons (Fsp3) is 0.450. The van der Waals surface area contributed by atoms with Crippen LogP contribution >= 0.6 is 0 Å². The van der Waals surface area contributed by atoms with Gasteiger partial charge in [0, 0.05) is 36.7 Å². The smallest absolute Gasteiger partial charge is 0.134 e. The van der Waals surface area contributed by atoms with E-state index in [0.717, 1.165) is 47.0 Å². The summed E-state index contributed by atoms with van der Waals surface area (Å²) in [5.74, 6) is 3.98. The van der Waals surface area contributed by atoms with Crippen molar-refractivity contribution in [1.29, 1.82) is 0 Å². The minimum absolute atomic E-state index is 0.330. The highest BCUT2D eigenvalue weighted by Crippen LogP contribution is 2.41.